The minimum atomic E-state index is -0.418. The highest BCUT2D eigenvalue weighted by molar-refractivity contribution is 5.76. The molecule has 1 aromatic carbocycles. The third-order valence-corrected chi connectivity index (χ3v) is 8.86. The van der Waals surface area contributed by atoms with Crippen molar-refractivity contribution >= 4 is 5.97 Å². The molecular weight excluding hydrogens is 362 g/mol. The van der Waals surface area contributed by atoms with Gasteiger partial charge in [0.05, 0.1) is 19.1 Å². The van der Waals surface area contributed by atoms with Gasteiger partial charge in [-0.3, -0.25) is 9.69 Å². The molecule has 0 aromatic heterocycles. The average molecular weight is 396 g/mol. The topological polar surface area (TPSA) is 38.8 Å². The summed E-state index contributed by atoms with van der Waals surface area (Å²) in [6.07, 6.45) is 8.86. The lowest BCUT2D eigenvalue weighted by Gasteiger charge is -2.62. The van der Waals surface area contributed by atoms with Crippen molar-refractivity contribution in [2.75, 3.05) is 32.8 Å². The number of morpholine rings is 1. The first-order valence-corrected chi connectivity index (χ1v) is 11.7. The average Bonchev–Trinajstić information content (AvgIpc) is 3.06. The molecule has 0 spiro atoms. The Labute approximate surface area is 173 Å². The molecule has 6 fully saturated rings. The third-order valence-electron chi connectivity index (χ3n) is 8.86. The van der Waals surface area contributed by atoms with Crippen LogP contribution in [-0.4, -0.2) is 43.7 Å². The Balaban J connectivity index is 1.36. The summed E-state index contributed by atoms with van der Waals surface area (Å²) in [6, 6.07) is 10.8. The number of benzene rings is 1. The van der Waals surface area contributed by atoms with E-state index in [0.29, 0.717) is 0 Å². The quantitative estimate of drug-likeness (QED) is 0.723. The molecule has 2 heterocycles. The second-order valence-electron chi connectivity index (χ2n) is 10.6. The van der Waals surface area contributed by atoms with Crippen LogP contribution in [0.2, 0.25) is 0 Å². The number of hydrogen-bond donors (Lipinski definition) is 0. The maximum Gasteiger partial charge on any atom is 0.311 e. The van der Waals surface area contributed by atoms with Gasteiger partial charge < -0.3 is 9.47 Å². The summed E-state index contributed by atoms with van der Waals surface area (Å²) in [5.74, 6) is 2.56. The summed E-state index contributed by atoms with van der Waals surface area (Å²) < 4.78 is 12.1. The SMILES string of the molecule is O=C1OC(c2ccccc2)(C23CC4CC(CC(C4)C2)C3)CC1CN1CCOCC1. The number of carbonyl (C=O) groups is 1. The van der Waals surface area contributed by atoms with Gasteiger partial charge in [0.15, 0.2) is 0 Å². The van der Waals surface area contributed by atoms with Crippen LogP contribution < -0.4 is 0 Å². The minimum absolute atomic E-state index is 0.0127. The van der Waals surface area contributed by atoms with Crippen LogP contribution in [-0.2, 0) is 19.9 Å². The standard InChI is InChI=1S/C25H33NO3/c27-23-21(17-26-6-8-28-9-7-26)16-25(29-23,22-4-2-1-3-5-22)24-13-18-10-19(14-24)12-20(11-18)15-24/h1-5,18-21H,6-17H2. The van der Waals surface area contributed by atoms with Crippen LogP contribution in [0.1, 0.15) is 50.5 Å². The van der Waals surface area contributed by atoms with E-state index in [0.717, 1.165) is 57.0 Å². The molecule has 2 unspecified atom stereocenters. The van der Waals surface area contributed by atoms with E-state index < -0.39 is 5.60 Å². The van der Waals surface area contributed by atoms with E-state index in [1.165, 1.54) is 44.1 Å². The van der Waals surface area contributed by atoms with E-state index in [1.54, 1.807) is 0 Å². The van der Waals surface area contributed by atoms with Crippen LogP contribution in [0.5, 0.6) is 0 Å². The van der Waals surface area contributed by atoms with Crippen molar-refractivity contribution in [2.45, 2.75) is 50.5 Å². The van der Waals surface area contributed by atoms with Crippen LogP contribution in [0.15, 0.2) is 30.3 Å². The summed E-state index contributed by atoms with van der Waals surface area (Å²) in [7, 11) is 0. The molecule has 0 N–H and O–H groups in total. The Bertz CT molecular complexity index is 736. The summed E-state index contributed by atoms with van der Waals surface area (Å²) in [5, 5.41) is 0. The van der Waals surface area contributed by atoms with Crippen LogP contribution >= 0.6 is 0 Å². The van der Waals surface area contributed by atoms with Crippen molar-refractivity contribution in [3.63, 3.8) is 0 Å². The van der Waals surface area contributed by atoms with Crippen molar-refractivity contribution in [2.24, 2.45) is 29.1 Å². The zero-order valence-electron chi connectivity index (χ0n) is 17.4. The van der Waals surface area contributed by atoms with Gasteiger partial charge in [-0.2, -0.15) is 0 Å². The minimum Gasteiger partial charge on any atom is -0.453 e. The zero-order valence-corrected chi connectivity index (χ0v) is 17.4. The Hall–Kier alpha value is -1.39. The smallest absolute Gasteiger partial charge is 0.311 e. The largest absolute Gasteiger partial charge is 0.453 e. The molecule has 4 saturated carbocycles. The number of carbonyl (C=O) groups excluding carboxylic acids is 1. The van der Waals surface area contributed by atoms with E-state index in [9.17, 15) is 4.79 Å². The first-order valence-electron chi connectivity index (χ1n) is 11.7. The lowest BCUT2D eigenvalue weighted by molar-refractivity contribution is -0.198. The maximum atomic E-state index is 13.2. The number of nitrogens with zero attached hydrogens (tertiary/aromatic N) is 1. The van der Waals surface area contributed by atoms with Gasteiger partial charge in [-0.15, -0.1) is 0 Å². The second kappa shape index (κ2) is 6.81. The Morgan fingerprint density at radius 1 is 0.897 bits per heavy atom. The van der Waals surface area contributed by atoms with Gasteiger partial charge in [-0.05, 0) is 61.8 Å². The molecular formula is C25H33NO3. The highest BCUT2D eigenvalue weighted by Crippen LogP contribution is 2.69. The number of hydrogen-bond acceptors (Lipinski definition) is 4. The van der Waals surface area contributed by atoms with Crippen molar-refractivity contribution in [3.05, 3.63) is 35.9 Å². The third kappa shape index (κ3) is 2.90. The first kappa shape index (κ1) is 18.4. The summed E-state index contributed by atoms with van der Waals surface area (Å²) >= 11 is 0. The van der Waals surface area contributed by atoms with Crippen molar-refractivity contribution in [1.29, 1.82) is 0 Å². The molecule has 4 heteroatoms. The van der Waals surface area contributed by atoms with E-state index in [1.807, 2.05) is 0 Å². The van der Waals surface area contributed by atoms with Crippen LogP contribution in [0, 0.1) is 29.1 Å². The fourth-order valence-electron chi connectivity index (χ4n) is 8.08. The van der Waals surface area contributed by atoms with Crippen molar-refractivity contribution in [3.8, 4) is 0 Å². The Morgan fingerprint density at radius 3 is 2.14 bits per heavy atom. The van der Waals surface area contributed by atoms with Gasteiger partial charge in [-0.1, -0.05) is 30.3 Å². The summed E-state index contributed by atoms with van der Waals surface area (Å²) in [5.41, 5.74) is 0.983. The molecule has 7 rings (SSSR count). The molecule has 1 aromatic rings. The zero-order chi connectivity index (χ0) is 19.5. The van der Waals surface area contributed by atoms with Gasteiger partial charge in [0.1, 0.15) is 5.60 Å². The predicted octanol–water partition coefficient (Wildman–Crippen LogP) is 3.99. The molecule has 29 heavy (non-hydrogen) atoms. The number of cyclic esters (lactones) is 1. The van der Waals surface area contributed by atoms with Gasteiger partial charge >= 0.3 is 5.97 Å². The van der Waals surface area contributed by atoms with Gasteiger partial charge in [0.2, 0.25) is 0 Å². The van der Waals surface area contributed by atoms with Gasteiger partial charge in [0.25, 0.3) is 0 Å². The molecule has 4 bridgehead atoms. The number of rotatable bonds is 4. The summed E-state index contributed by atoms with van der Waals surface area (Å²) in [4.78, 5) is 15.6. The fourth-order valence-corrected chi connectivity index (χ4v) is 8.08. The molecule has 2 saturated heterocycles. The molecule has 2 atom stereocenters. The highest BCUT2D eigenvalue weighted by atomic mass is 16.6. The van der Waals surface area contributed by atoms with Gasteiger partial charge in [0, 0.05) is 31.5 Å². The van der Waals surface area contributed by atoms with Crippen LogP contribution in [0.25, 0.3) is 0 Å². The summed E-state index contributed by atoms with van der Waals surface area (Å²) in [6.45, 7) is 4.24. The van der Waals surface area contributed by atoms with Crippen LogP contribution in [0.4, 0.5) is 0 Å². The fraction of sp³-hybridized carbons (Fsp3) is 0.720. The number of ether oxygens (including phenoxy) is 2. The van der Waals surface area contributed by atoms with E-state index >= 15 is 0 Å². The molecule has 2 aliphatic heterocycles. The lowest BCUT2D eigenvalue weighted by Crippen LogP contribution is -2.56. The van der Waals surface area contributed by atoms with Gasteiger partial charge in [-0.25, -0.2) is 0 Å². The monoisotopic (exact) mass is 395 g/mol. The molecule has 156 valence electrons. The predicted molar refractivity (Wildman–Crippen MR) is 110 cm³/mol. The molecule has 0 amide bonds. The second-order valence-corrected chi connectivity index (χ2v) is 10.6. The molecule has 4 nitrogen and oxygen atoms in total. The van der Waals surface area contributed by atoms with Crippen LogP contribution in [0.3, 0.4) is 0 Å². The Kier molecular flexibility index (Phi) is 4.32. The lowest BCUT2D eigenvalue weighted by atomic mass is 9.44. The molecule has 0 radical (unpaired) electrons. The maximum absolute atomic E-state index is 13.2. The number of esters is 1. The van der Waals surface area contributed by atoms with Crippen molar-refractivity contribution in [1.82, 2.24) is 4.90 Å². The van der Waals surface area contributed by atoms with Crippen molar-refractivity contribution < 1.29 is 14.3 Å². The highest BCUT2D eigenvalue weighted by Gasteiger charge is 2.66. The Morgan fingerprint density at radius 2 is 1.52 bits per heavy atom. The molecule has 6 aliphatic rings. The van der Waals surface area contributed by atoms with E-state index in [2.05, 4.69) is 35.2 Å². The van der Waals surface area contributed by atoms with E-state index in [4.69, 9.17) is 9.47 Å². The normalized spacial score (nSPS) is 44.2. The first-order chi connectivity index (χ1) is 14.2. The van der Waals surface area contributed by atoms with E-state index in [-0.39, 0.29) is 17.3 Å². The molecule has 4 aliphatic carbocycles.